The minimum atomic E-state index is -0.445. The molecule has 0 unspecified atom stereocenters. The molecular weight excluding hydrogens is 314 g/mol. The molecule has 7 heteroatoms. The van der Waals surface area contributed by atoms with Crippen LogP contribution in [0, 0.1) is 10.1 Å². The van der Waals surface area contributed by atoms with Crippen molar-refractivity contribution in [3.05, 3.63) is 64.3 Å². The van der Waals surface area contributed by atoms with Crippen LogP contribution >= 0.6 is 11.8 Å². The van der Waals surface area contributed by atoms with Crippen molar-refractivity contribution in [3.8, 4) is 0 Å². The largest absolute Gasteiger partial charge is 0.273 e. The van der Waals surface area contributed by atoms with Crippen LogP contribution in [0.25, 0.3) is 0 Å². The third-order valence-corrected chi connectivity index (χ3v) is 3.90. The minimum Gasteiger partial charge on any atom is -0.273 e. The molecule has 0 saturated heterocycles. The van der Waals surface area contributed by atoms with Crippen molar-refractivity contribution in [2.45, 2.75) is 24.8 Å². The Balaban J connectivity index is 2.10. The maximum atomic E-state index is 12.4. The number of hydrogen-bond acceptors (Lipinski definition) is 5. The summed E-state index contributed by atoms with van der Waals surface area (Å²) in [6.45, 7) is 3.90. The Hall–Kier alpha value is -2.41. The van der Waals surface area contributed by atoms with Crippen molar-refractivity contribution in [2.75, 3.05) is 5.75 Å². The van der Waals surface area contributed by atoms with Crippen molar-refractivity contribution in [1.29, 1.82) is 0 Å². The molecule has 0 bridgehead atoms. The molecular formula is C16H17N3O3S. The van der Waals surface area contributed by atoms with Gasteiger partial charge in [0.15, 0.2) is 0 Å². The van der Waals surface area contributed by atoms with Crippen LogP contribution in [0.5, 0.6) is 0 Å². The number of rotatable bonds is 5. The van der Waals surface area contributed by atoms with Gasteiger partial charge in [0.05, 0.1) is 10.7 Å². The first-order valence-corrected chi connectivity index (χ1v) is 8.08. The number of nitro benzene ring substituents is 1. The fourth-order valence-electron chi connectivity index (χ4n) is 1.89. The van der Waals surface area contributed by atoms with Gasteiger partial charge in [-0.3, -0.25) is 24.5 Å². The summed E-state index contributed by atoms with van der Waals surface area (Å²) in [6, 6.07) is 11.7. The summed E-state index contributed by atoms with van der Waals surface area (Å²) in [5, 5.41) is 10.6. The second-order valence-corrected chi connectivity index (χ2v) is 6.13. The zero-order valence-electron chi connectivity index (χ0n) is 12.9. The second-order valence-electron chi connectivity index (χ2n) is 5.09. The summed E-state index contributed by atoms with van der Waals surface area (Å²) >= 11 is 1.34. The number of nitrogens with zero attached hydrogens (tertiary/aromatic N) is 3. The Labute approximate surface area is 138 Å². The van der Waals surface area contributed by atoms with Crippen molar-refractivity contribution >= 4 is 23.4 Å². The van der Waals surface area contributed by atoms with Crippen LogP contribution < -0.4 is 5.49 Å². The lowest BCUT2D eigenvalue weighted by Crippen LogP contribution is -2.28. The van der Waals surface area contributed by atoms with Crippen molar-refractivity contribution < 1.29 is 9.72 Å². The zero-order valence-corrected chi connectivity index (χ0v) is 13.7. The second kappa shape index (κ2) is 7.73. The Morgan fingerprint density at radius 2 is 1.96 bits per heavy atom. The van der Waals surface area contributed by atoms with Gasteiger partial charge in [0.25, 0.3) is 5.69 Å². The highest BCUT2D eigenvalue weighted by molar-refractivity contribution is 8.00. The standard InChI is InChI=1S/C16H17N3O3S/c1-12(2)17-15-5-3-4-10-18(15)16(20)11-23-14-8-6-13(7-9-14)19(21)22/h3-10,12H,11H2,1-2H3. The molecule has 0 saturated carbocycles. The van der Waals surface area contributed by atoms with Gasteiger partial charge in [-0.1, -0.05) is 6.07 Å². The number of nitro groups is 1. The van der Waals surface area contributed by atoms with Crippen molar-refractivity contribution in [1.82, 2.24) is 4.57 Å². The lowest BCUT2D eigenvalue weighted by molar-refractivity contribution is -0.384. The smallest absolute Gasteiger partial charge is 0.269 e. The lowest BCUT2D eigenvalue weighted by atomic mass is 10.3. The number of pyridine rings is 1. The predicted molar refractivity (Wildman–Crippen MR) is 89.6 cm³/mol. The molecule has 6 nitrogen and oxygen atoms in total. The summed E-state index contributed by atoms with van der Waals surface area (Å²) in [5.74, 6) is 0.140. The van der Waals surface area contributed by atoms with Gasteiger partial charge in [-0.05, 0) is 38.1 Å². The van der Waals surface area contributed by atoms with E-state index in [1.165, 1.54) is 28.5 Å². The first-order chi connectivity index (χ1) is 11.0. The van der Waals surface area contributed by atoms with Gasteiger partial charge < -0.3 is 0 Å². The van der Waals surface area contributed by atoms with Gasteiger partial charge in [-0.15, -0.1) is 11.8 Å². The number of non-ortho nitro benzene ring substituents is 1. The molecule has 0 radical (unpaired) electrons. The number of carbonyl (C=O) groups excluding carboxylic acids is 1. The molecule has 0 aliphatic rings. The Morgan fingerprint density at radius 1 is 1.26 bits per heavy atom. The summed E-state index contributed by atoms with van der Waals surface area (Å²) in [5.41, 5.74) is 0.660. The van der Waals surface area contributed by atoms with Gasteiger partial charge in [0, 0.05) is 29.3 Å². The maximum absolute atomic E-state index is 12.4. The molecule has 2 aromatic rings. The fraction of sp³-hybridized carbons (Fsp3) is 0.250. The zero-order chi connectivity index (χ0) is 16.8. The average Bonchev–Trinajstić information content (AvgIpc) is 2.53. The van der Waals surface area contributed by atoms with E-state index in [1.807, 2.05) is 19.9 Å². The first kappa shape index (κ1) is 17.0. The number of aromatic nitrogens is 1. The minimum absolute atomic E-state index is 0.0381. The normalized spacial score (nSPS) is 11.7. The molecule has 0 aliphatic heterocycles. The Kier molecular flexibility index (Phi) is 5.70. The average molecular weight is 331 g/mol. The van der Waals surface area contributed by atoms with Crippen LogP contribution in [0.3, 0.4) is 0 Å². The van der Waals surface area contributed by atoms with E-state index in [2.05, 4.69) is 4.99 Å². The monoisotopic (exact) mass is 331 g/mol. The molecule has 23 heavy (non-hydrogen) atoms. The van der Waals surface area contributed by atoms with E-state index in [9.17, 15) is 14.9 Å². The molecule has 0 amide bonds. The van der Waals surface area contributed by atoms with E-state index in [-0.39, 0.29) is 23.4 Å². The molecule has 1 heterocycles. The van der Waals surface area contributed by atoms with Crippen LogP contribution in [0.4, 0.5) is 5.69 Å². The molecule has 0 fully saturated rings. The van der Waals surface area contributed by atoms with Gasteiger partial charge in [-0.25, -0.2) is 0 Å². The number of carbonyl (C=O) groups is 1. The predicted octanol–water partition coefficient (Wildman–Crippen LogP) is 3.14. The SMILES string of the molecule is CC(C)N=c1ccccn1C(=O)CSc1ccc([N+](=O)[O-])cc1. The van der Waals surface area contributed by atoms with Gasteiger partial charge >= 0.3 is 0 Å². The lowest BCUT2D eigenvalue weighted by Gasteiger charge is -2.07. The number of hydrogen-bond donors (Lipinski definition) is 0. The number of benzene rings is 1. The molecule has 0 aliphatic carbocycles. The van der Waals surface area contributed by atoms with E-state index in [0.717, 1.165) is 4.90 Å². The molecule has 1 aromatic heterocycles. The van der Waals surface area contributed by atoms with E-state index in [4.69, 9.17) is 0 Å². The third kappa shape index (κ3) is 4.79. The molecule has 0 N–H and O–H groups in total. The molecule has 2 rings (SSSR count). The summed E-state index contributed by atoms with van der Waals surface area (Å²) in [6.07, 6.45) is 1.69. The van der Waals surface area contributed by atoms with E-state index in [1.54, 1.807) is 30.5 Å². The Morgan fingerprint density at radius 3 is 2.57 bits per heavy atom. The summed E-state index contributed by atoms with van der Waals surface area (Å²) < 4.78 is 1.53. The first-order valence-electron chi connectivity index (χ1n) is 7.09. The quantitative estimate of drug-likeness (QED) is 0.479. The molecule has 1 aromatic carbocycles. The number of thioether (sulfide) groups is 1. The molecule has 120 valence electrons. The highest BCUT2D eigenvalue weighted by atomic mass is 32.2. The maximum Gasteiger partial charge on any atom is 0.269 e. The summed E-state index contributed by atoms with van der Waals surface area (Å²) in [4.78, 5) is 27.8. The van der Waals surface area contributed by atoms with Crippen LogP contribution in [-0.4, -0.2) is 27.2 Å². The highest BCUT2D eigenvalue weighted by Crippen LogP contribution is 2.21. The molecule has 0 spiro atoms. The van der Waals surface area contributed by atoms with E-state index < -0.39 is 4.92 Å². The van der Waals surface area contributed by atoms with Gasteiger partial charge in [0.1, 0.15) is 5.49 Å². The molecule has 0 atom stereocenters. The van der Waals surface area contributed by atoms with Crippen LogP contribution in [0.15, 0.2) is 58.5 Å². The van der Waals surface area contributed by atoms with E-state index >= 15 is 0 Å². The van der Waals surface area contributed by atoms with Gasteiger partial charge in [-0.2, -0.15) is 0 Å². The Bertz CT molecular complexity index is 767. The topological polar surface area (TPSA) is 77.5 Å². The fourth-order valence-corrected chi connectivity index (χ4v) is 2.65. The van der Waals surface area contributed by atoms with Gasteiger partial charge in [0.2, 0.25) is 5.91 Å². The highest BCUT2D eigenvalue weighted by Gasteiger charge is 2.08. The van der Waals surface area contributed by atoms with E-state index in [0.29, 0.717) is 5.49 Å². The third-order valence-electron chi connectivity index (χ3n) is 2.91. The van der Waals surface area contributed by atoms with Crippen LogP contribution in [0.1, 0.15) is 18.6 Å². The van der Waals surface area contributed by atoms with Crippen molar-refractivity contribution in [2.24, 2.45) is 4.99 Å². The van der Waals surface area contributed by atoms with Crippen LogP contribution in [0.2, 0.25) is 0 Å². The van der Waals surface area contributed by atoms with Crippen LogP contribution in [-0.2, 0) is 0 Å². The van der Waals surface area contributed by atoms with Crippen molar-refractivity contribution in [3.63, 3.8) is 0 Å². The summed E-state index contributed by atoms with van der Waals surface area (Å²) in [7, 11) is 0.